The van der Waals surface area contributed by atoms with Crippen LogP contribution in [0.4, 0.5) is 11.4 Å². The fourth-order valence-corrected chi connectivity index (χ4v) is 8.83. The van der Waals surface area contributed by atoms with E-state index in [0.29, 0.717) is 12.2 Å². The van der Waals surface area contributed by atoms with Crippen molar-refractivity contribution in [3.05, 3.63) is 63.8 Å². The first-order chi connectivity index (χ1) is 35.4. The van der Waals surface area contributed by atoms with Crippen molar-refractivity contribution in [1.82, 2.24) is 15.0 Å². The van der Waals surface area contributed by atoms with Crippen LogP contribution in [0, 0.1) is 0 Å². The molecule has 18 heteroatoms. The van der Waals surface area contributed by atoms with E-state index < -0.39 is 47.1 Å². The largest absolute Gasteiger partial charge is 0.463 e. The van der Waals surface area contributed by atoms with Crippen LogP contribution in [-0.4, -0.2) is 75.9 Å². The molecule has 1 aromatic heterocycles. The van der Waals surface area contributed by atoms with E-state index in [2.05, 4.69) is 41.7 Å². The summed E-state index contributed by atoms with van der Waals surface area (Å²) in [5.41, 5.74) is 1.03. The van der Waals surface area contributed by atoms with Gasteiger partial charge in [-0.05, 0) is 69.0 Å². The molecule has 0 radical (unpaired) electrons. The van der Waals surface area contributed by atoms with Gasteiger partial charge in [0.1, 0.15) is 16.9 Å². The van der Waals surface area contributed by atoms with Crippen LogP contribution in [0.25, 0.3) is 0 Å². The van der Waals surface area contributed by atoms with Crippen LogP contribution in [0.5, 0.6) is 0 Å². The fraction of sp³-hybridized carbons (Fsp3) is 0.655. The molecule has 0 aliphatic heterocycles. The zero-order valence-corrected chi connectivity index (χ0v) is 46.5. The molecule has 0 bridgehead atoms. The number of hydrogen-bond acceptors (Lipinski definition) is 13. The summed E-state index contributed by atoms with van der Waals surface area (Å²) in [6, 6.07) is 7.54. The molecule has 408 valence electrons. The number of unbranched alkanes of at least 4 members (excludes halogenated alkanes) is 21. The molecule has 73 heavy (non-hydrogen) atoms. The van der Waals surface area contributed by atoms with E-state index in [0.717, 1.165) is 87.1 Å². The van der Waals surface area contributed by atoms with Crippen molar-refractivity contribution < 1.29 is 48.0 Å². The number of nitrogens with zero attached hydrogens (tertiary/aromatic N) is 3. The monoisotopic (exact) mass is 1080 g/mol. The van der Waals surface area contributed by atoms with Crippen LogP contribution in [-0.2, 0) is 49.8 Å². The Balaban J connectivity index is 1.69. The number of rotatable bonds is 41. The van der Waals surface area contributed by atoms with E-state index in [9.17, 15) is 24.0 Å². The summed E-state index contributed by atoms with van der Waals surface area (Å²) in [4.78, 5) is 78.1. The molecule has 15 nitrogen and oxygen atoms in total. The third-order valence-corrected chi connectivity index (χ3v) is 13.8. The molecule has 3 atom stereocenters. The molecule has 0 aliphatic carbocycles. The highest BCUT2D eigenvalue weighted by Gasteiger charge is 2.33. The number of thioether (sulfide) groups is 1. The van der Waals surface area contributed by atoms with Crippen LogP contribution in [0.3, 0.4) is 0 Å². The highest BCUT2D eigenvalue weighted by Crippen LogP contribution is 2.29. The Morgan fingerprint density at radius 3 is 1.63 bits per heavy atom. The van der Waals surface area contributed by atoms with Crippen molar-refractivity contribution in [2.75, 3.05) is 30.5 Å². The Hall–Kier alpha value is -4.22. The van der Waals surface area contributed by atoms with Crippen molar-refractivity contribution in [2.45, 2.75) is 218 Å². The third-order valence-electron chi connectivity index (χ3n) is 12.1. The van der Waals surface area contributed by atoms with Gasteiger partial charge in [0, 0.05) is 0 Å². The molecule has 2 N–H and O–H groups in total. The maximum Gasteiger partial charge on any atom is 0.347 e. The molecule has 0 saturated heterocycles. The lowest BCUT2D eigenvalue weighted by Gasteiger charge is -2.18. The predicted octanol–water partition coefficient (Wildman–Crippen LogP) is 14.4. The van der Waals surface area contributed by atoms with Crippen molar-refractivity contribution >= 4 is 76.1 Å². The van der Waals surface area contributed by atoms with Gasteiger partial charge in [-0.15, -0.1) is 5.10 Å². The summed E-state index contributed by atoms with van der Waals surface area (Å²) in [7, 11) is 0. The first kappa shape index (κ1) is 63.1. The van der Waals surface area contributed by atoms with Gasteiger partial charge in [-0.25, -0.2) is 24.0 Å². The smallest absolute Gasteiger partial charge is 0.347 e. The summed E-state index contributed by atoms with van der Waals surface area (Å²) in [6.07, 6.45) is 27.4. The number of aromatic nitrogens is 3. The number of halogens is 2. The number of nitrogens with one attached hydrogen (secondary N) is 2. The second-order valence-corrected chi connectivity index (χ2v) is 20.8. The maximum atomic E-state index is 14.3. The van der Waals surface area contributed by atoms with Crippen molar-refractivity contribution in [3.63, 3.8) is 0 Å². The summed E-state index contributed by atoms with van der Waals surface area (Å²) in [6.45, 7) is 10.5. The molecule has 3 rings (SSSR count). The van der Waals surface area contributed by atoms with E-state index in [1.807, 2.05) is 0 Å². The second-order valence-electron chi connectivity index (χ2n) is 18.6. The lowest BCUT2D eigenvalue weighted by atomic mass is 10.1. The normalized spacial score (nSPS) is 12.5. The van der Waals surface area contributed by atoms with E-state index in [-0.39, 0.29) is 51.8 Å². The molecular formula is C55H83Cl2N5O10S. The summed E-state index contributed by atoms with van der Waals surface area (Å²) < 4.78 is 17.2. The quantitative estimate of drug-likeness (QED) is 0.0104. The van der Waals surface area contributed by atoms with Gasteiger partial charge >= 0.3 is 17.9 Å². The van der Waals surface area contributed by atoms with Crippen LogP contribution in [0.15, 0.2) is 47.6 Å². The second kappa shape index (κ2) is 38.3. The summed E-state index contributed by atoms with van der Waals surface area (Å²) in [5, 5.41) is 13.2. The minimum Gasteiger partial charge on any atom is -0.463 e. The molecule has 2 aromatic carbocycles. The maximum absolute atomic E-state index is 14.3. The van der Waals surface area contributed by atoms with Gasteiger partial charge in [-0.2, -0.15) is 0 Å². The van der Waals surface area contributed by atoms with E-state index >= 15 is 0 Å². The van der Waals surface area contributed by atoms with Crippen molar-refractivity contribution in [3.8, 4) is 0 Å². The van der Waals surface area contributed by atoms with Crippen molar-refractivity contribution in [1.29, 1.82) is 0 Å². The molecule has 0 saturated carbocycles. The van der Waals surface area contributed by atoms with Crippen LogP contribution in [0.1, 0.15) is 211 Å². The fourth-order valence-electron chi connectivity index (χ4n) is 7.73. The molecule has 2 amide bonds. The van der Waals surface area contributed by atoms with E-state index in [4.69, 9.17) is 47.2 Å². The van der Waals surface area contributed by atoms with Gasteiger partial charge in [0.2, 0.25) is 6.04 Å². The number of hydrogen-bond donors (Lipinski definition) is 2. The molecule has 0 aliphatic rings. The Morgan fingerprint density at radius 2 is 1.07 bits per heavy atom. The lowest BCUT2D eigenvalue weighted by molar-refractivity contribution is -0.304. The number of esters is 3. The SMILES string of the molecule is CCCCCCCCCCCCOOCc1ccc(Cl)c(NC(=O)C(C(=O)Nc2cc(C(=O)OCCCCCCCCCCCC)ccc2Cl)n2cc(SC(C)C(=O)OC(C)C(=O)OCCCCCC)nn2)c1. The standard InChI is InChI=1S/C55H83Cl2N5O10S/c1-6-9-12-15-17-19-21-23-25-28-35-69-55(67)44-31-33-46(57)48(38-44)59-52(64)50(62-39-49(60-61-62)73-42(5)54(66)72-41(4)53(65)68-34-27-14-11-8-3)51(63)58-47-37-43(30-32-45(47)56)40-71-70-36-29-26-24-22-20-18-16-13-10-7-2/h30-33,37-39,41-42,50H,6-29,34-36,40H2,1-5H3,(H,58,63)(H,59,64). The first-order valence-corrected chi connectivity index (χ1v) is 28.6. The lowest BCUT2D eigenvalue weighted by Crippen LogP contribution is -2.36. The van der Waals surface area contributed by atoms with E-state index in [1.54, 1.807) is 25.1 Å². The number of ether oxygens (including phenoxy) is 3. The van der Waals surface area contributed by atoms with Crippen LogP contribution in [0.2, 0.25) is 10.0 Å². The van der Waals surface area contributed by atoms with Gasteiger partial charge in [0.05, 0.1) is 53.0 Å². The van der Waals surface area contributed by atoms with Crippen LogP contribution < -0.4 is 10.6 Å². The van der Waals surface area contributed by atoms with Gasteiger partial charge in [0.25, 0.3) is 11.8 Å². The average Bonchev–Trinajstić information content (AvgIpc) is 3.83. The molecule has 0 fully saturated rings. The number of carbonyl (C=O) groups is 5. The minimum absolute atomic E-state index is 0.0486. The average molecular weight is 1080 g/mol. The summed E-state index contributed by atoms with van der Waals surface area (Å²) >= 11 is 14.1. The number of benzene rings is 2. The molecule has 1 heterocycles. The van der Waals surface area contributed by atoms with E-state index in [1.165, 1.54) is 115 Å². The number of anilines is 2. The highest BCUT2D eigenvalue weighted by atomic mass is 35.5. The zero-order chi connectivity index (χ0) is 53.1. The summed E-state index contributed by atoms with van der Waals surface area (Å²) in [5.74, 6) is -3.68. The van der Waals surface area contributed by atoms with Crippen LogP contribution >= 0.6 is 35.0 Å². The van der Waals surface area contributed by atoms with Gasteiger partial charge < -0.3 is 24.8 Å². The van der Waals surface area contributed by atoms with Gasteiger partial charge in [-0.3, -0.25) is 14.4 Å². The minimum atomic E-state index is -1.72. The van der Waals surface area contributed by atoms with Gasteiger partial charge in [0.15, 0.2) is 6.10 Å². The Morgan fingerprint density at radius 1 is 0.589 bits per heavy atom. The zero-order valence-electron chi connectivity index (χ0n) is 44.2. The molecule has 0 spiro atoms. The Kier molecular flexibility index (Phi) is 33.1. The predicted molar refractivity (Wildman–Crippen MR) is 290 cm³/mol. The molecular weight excluding hydrogens is 994 g/mol. The third kappa shape index (κ3) is 26.2. The highest BCUT2D eigenvalue weighted by molar-refractivity contribution is 8.00. The Labute approximate surface area is 448 Å². The number of carbonyl (C=O) groups excluding carboxylic acids is 5. The molecule has 3 aromatic rings. The number of amides is 2. The Bertz CT molecular complexity index is 2080. The topological polar surface area (TPSA) is 186 Å². The first-order valence-electron chi connectivity index (χ1n) is 26.9. The van der Waals surface area contributed by atoms with Crippen molar-refractivity contribution in [2.24, 2.45) is 0 Å². The molecule has 3 unspecified atom stereocenters. The van der Waals surface area contributed by atoms with Gasteiger partial charge in [-0.1, -0.05) is 202 Å².